The monoisotopic (exact) mass is 358 g/mol. The molecule has 0 amide bonds. The van der Waals surface area contributed by atoms with Gasteiger partial charge in [-0.15, -0.1) is 10.2 Å². The molecule has 26 heavy (non-hydrogen) atoms. The zero-order chi connectivity index (χ0) is 17.8. The topological polar surface area (TPSA) is 43.6 Å². The number of pyridine rings is 1. The van der Waals surface area contributed by atoms with E-state index in [4.69, 9.17) is 0 Å². The summed E-state index contributed by atoms with van der Waals surface area (Å²) in [5.41, 5.74) is 4.38. The van der Waals surface area contributed by atoms with E-state index in [1.807, 2.05) is 36.4 Å². The lowest BCUT2D eigenvalue weighted by Gasteiger charge is -2.10. The molecule has 0 spiro atoms. The quantitative estimate of drug-likeness (QED) is 0.475. The fourth-order valence-corrected chi connectivity index (χ4v) is 3.68. The highest BCUT2D eigenvalue weighted by molar-refractivity contribution is 7.98. The highest BCUT2D eigenvalue weighted by atomic mass is 32.2. The second-order valence-corrected chi connectivity index (χ2v) is 6.91. The van der Waals surface area contributed by atoms with Crippen molar-refractivity contribution in [3.05, 3.63) is 90.1 Å². The van der Waals surface area contributed by atoms with Crippen molar-refractivity contribution < 1.29 is 0 Å². The Kier molecular flexibility index (Phi) is 4.80. The highest BCUT2D eigenvalue weighted by Crippen LogP contribution is 2.29. The van der Waals surface area contributed by atoms with E-state index in [9.17, 15) is 0 Å². The Hall–Kier alpha value is -2.92. The molecule has 0 saturated heterocycles. The molecular weight excluding hydrogens is 340 g/mol. The lowest BCUT2D eigenvalue weighted by Crippen LogP contribution is -2.00. The van der Waals surface area contributed by atoms with Crippen LogP contribution >= 0.6 is 11.8 Å². The van der Waals surface area contributed by atoms with Crippen LogP contribution in [0.25, 0.3) is 17.2 Å². The van der Waals surface area contributed by atoms with E-state index in [1.165, 1.54) is 11.1 Å². The molecule has 0 saturated carbocycles. The third-order valence-electron chi connectivity index (χ3n) is 3.99. The molecule has 2 aromatic heterocycles. The van der Waals surface area contributed by atoms with Crippen LogP contribution in [0.15, 0.2) is 84.1 Å². The summed E-state index contributed by atoms with van der Waals surface area (Å²) >= 11 is 1.68. The van der Waals surface area contributed by atoms with Gasteiger partial charge in [-0.25, -0.2) is 0 Å². The van der Waals surface area contributed by atoms with Crippen LogP contribution in [0.5, 0.6) is 0 Å². The van der Waals surface area contributed by atoms with Gasteiger partial charge in [-0.05, 0) is 36.8 Å². The average Bonchev–Trinajstić information content (AvgIpc) is 3.12. The van der Waals surface area contributed by atoms with E-state index >= 15 is 0 Å². The van der Waals surface area contributed by atoms with Gasteiger partial charge in [0.1, 0.15) is 5.69 Å². The molecule has 0 atom stereocenters. The van der Waals surface area contributed by atoms with E-state index in [-0.39, 0.29) is 0 Å². The number of para-hydroxylation sites is 1. The molecule has 0 N–H and O–H groups in total. The van der Waals surface area contributed by atoms with Crippen LogP contribution < -0.4 is 0 Å². The van der Waals surface area contributed by atoms with Crippen molar-refractivity contribution in [2.45, 2.75) is 17.8 Å². The van der Waals surface area contributed by atoms with E-state index in [1.54, 1.807) is 18.0 Å². The summed E-state index contributed by atoms with van der Waals surface area (Å²) in [6.07, 6.45) is 1.78. The van der Waals surface area contributed by atoms with E-state index in [0.29, 0.717) is 0 Å². The van der Waals surface area contributed by atoms with Gasteiger partial charge in [0.2, 0.25) is 0 Å². The summed E-state index contributed by atoms with van der Waals surface area (Å²) in [7, 11) is 0. The van der Waals surface area contributed by atoms with Gasteiger partial charge in [-0.3, -0.25) is 9.55 Å². The van der Waals surface area contributed by atoms with Gasteiger partial charge in [0.05, 0.1) is 0 Å². The normalized spacial score (nSPS) is 10.8. The van der Waals surface area contributed by atoms with Crippen molar-refractivity contribution in [2.75, 3.05) is 0 Å². The number of hydrogen-bond acceptors (Lipinski definition) is 4. The minimum absolute atomic E-state index is 0.753. The van der Waals surface area contributed by atoms with E-state index in [0.717, 1.165) is 28.1 Å². The van der Waals surface area contributed by atoms with Crippen LogP contribution in [0.3, 0.4) is 0 Å². The van der Waals surface area contributed by atoms with Crippen molar-refractivity contribution in [1.82, 2.24) is 19.7 Å². The Labute approximate surface area is 157 Å². The lowest BCUT2D eigenvalue weighted by molar-refractivity contribution is 0.885. The zero-order valence-corrected chi connectivity index (χ0v) is 15.2. The Morgan fingerprint density at radius 1 is 0.885 bits per heavy atom. The van der Waals surface area contributed by atoms with Crippen molar-refractivity contribution >= 4 is 11.8 Å². The van der Waals surface area contributed by atoms with Gasteiger partial charge >= 0.3 is 0 Å². The summed E-state index contributed by atoms with van der Waals surface area (Å²) in [4.78, 5) is 4.45. The Balaban J connectivity index is 1.72. The predicted molar refractivity (Wildman–Crippen MR) is 105 cm³/mol. The fourth-order valence-electron chi connectivity index (χ4n) is 2.78. The molecule has 2 heterocycles. The molecule has 2 aromatic carbocycles. The molecular formula is C21H18N4S. The molecule has 4 rings (SSSR count). The molecule has 0 radical (unpaired) electrons. The molecule has 0 fully saturated rings. The molecule has 4 nitrogen and oxygen atoms in total. The van der Waals surface area contributed by atoms with Gasteiger partial charge in [-0.1, -0.05) is 65.9 Å². The number of benzene rings is 2. The van der Waals surface area contributed by atoms with Gasteiger partial charge in [0.25, 0.3) is 0 Å². The lowest BCUT2D eigenvalue weighted by atomic mass is 10.2. The predicted octanol–water partition coefficient (Wildman–Crippen LogP) is 4.93. The third kappa shape index (κ3) is 3.53. The Bertz CT molecular complexity index is 997. The summed E-state index contributed by atoms with van der Waals surface area (Å²) in [6, 6.07) is 24.5. The van der Waals surface area contributed by atoms with Crippen molar-refractivity contribution in [3.63, 3.8) is 0 Å². The maximum absolute atomic E-state index is 4.45. The SMILES string of the molecule is Cc1cccc(CSc2nnc(-c3ccccn3)n2-c2ccccc2)c1. The van der Waals surface area contributed by atoms with Crippen LogP contribution in [0.1, 0.15) is 11.1 Å². The molecule has 0 aliphatic heterocycles. The number of nitrogens with zero attached hydrogens (tertiary/aromatic N) is 4. The summed E-state index contributed by atoms with van der Waals surface area (Å²) in [5, 5.41) is 9.72. The molecule has 0 unspecified atom stereocenters. The van der Waals surface area contributed by atoms with Crippen LogP contribution in [0.4, 0.5) is 0 Å². The van der Waals surface area contributed by atoms with Gasteiger partial charge in [0, 0.05) is 17.6 Å². The van der Waals surface area contributed by atoms with Crippen LogP contribution in [-0.2, 0) is 5.75 Å². The van der Waals surface area contributed by atoms with Crippen molar-refractivity contribution in [2.24, 2.45) is 0 Å². The second kappa shape index (κ2) is 7.54. The summed E-state index contributed by atoms with van der Waals surface area (Å²) in [5.74, 6) is 1.60. The summed E-state index contributed by atoms with van der Waals surface area (Å²) in [6.45, 7) is 2.11. The molecule has 4 aromatic rings. The standard InChI is InChI=1S/C21H18N4S/c1-16-8-7-9-17(14-16)15-26-21-24-23-20(19-12-5-6-13-22-19)25(21)18-10-3-2-4-11-18/h2-14H,15H2,1H3. The summed E-state index contributed by atoms with van der Waals surface area (Å²) < 4.78 is 2.07. The smallest absolute Gasteiger partial charge is 0.196 e. The highest BCUT2D eigenvalue weighted by Gasteiger charge is 2.16. The van der Waals surface area contributed by atoms with Crippen LogP contribution in [-0.4, -0.2) is 19.7 Å². The maximum Gasteiger partial charge on any atom is 0.196 e. The first-order valence-electron chi connectivity index (χ1n) is 8.42. The first-order chi connectivity index (χ1) is 12.8. The first kappa shape index (κ1) is 16.5. The maximum atomic E-state index is 4.45. The van der Waals surface area contributed by atoms with Crippen molar-refractivity contribution in [3.8, 4) is 17.2 Å². The van der Waals surface area contributed by atoms with Gasteiger partial charge in [-0.2, -0.15) is 0 Å². The number of thioether (sulfide) groups is 1. The fraction of sp³-hybridized carbons (Fsp3) is 0.0952. The molecule has 0 aliphatic carbocycles. The Morgan fingerprint density at radius 3 is 2.50 bits per heavy atom. The molecule has 5 heteroatoms. The van der Waals surface area contributed by atoms with Crippen LogP contribution in [0, 0.1) is 6.92 Å². The average molecular weight is 358 g/mol. The third-order valence-corrected chi connectivity index (χ3v) is 4.99. The minimum Gasteiger partial charge on any atom is -0.269 e. The molecule has 128 valence electrons. The van der Waals surface area contributed by atoms with Crippen LogP contribution in [0.2, 0.25) is 0 Å². The molecule has 0 bridgehead atoms. The number of rotatable bonds is 5. The zero-order valence-electron chi connectivity index (χ0n) is 14.4. The number of aromatic nitrogens is 4. The first-order valence-corrected chi connectivity index (χ1v) is 9.40. The van der Waals surface area contributed by atoms with Gasteiger partial charge < -0.3 is 0 Å². The van der Waals surface area contributed by atoms with E-state index in [2.05, 4.69) is 63.1 Å². The molecule has 0 aliphatic rings. The minimum atomic E-state index is 0.753. The van der Waals surface area contributed by atoms with Crippen molar-refractivity contribution in [1.29, 1.82) is 0 Å². The number of aryl methyl sites for hydroxylation is 1. The van der Waals surface area contributed by atoms with E-state index < -0.39 is 0 Å². The second-order valence-electron chi connectivity index (χ2n) is 5.97. The Morgan fingerprint density at radius 2 is 1.73 bits per heavy atom. The van der Waals surface area contributed by atoms with Gasteiger partial charge in [0.15, 0.2) is 11.0 Å². The number of hydrogen-bond donors (Lipinski definition) is 0. The largest absolute Gasteiger partial charge is 0.269 e.